The third-order valence-corrected chi connectivity index (χ3v) is 4.04. The maximum Gasteiger partial charge on any atom is 0.257 e. The highest BCUT2D eigenvalue weighted by molar-refractivity contribution is 6.36. The molecule has 0 aliphatic heterocycles. The van der Waals surface area contributed by atoms with Gasteiger partial charge in [-0.15, -0.1) is 0 Å². The van der Waals surface area contributed by atoms with Crippen LogP contribution in [0.3, 0.4) is 0 Å². The van der Waals surface area contributed by atoms with Gasteiger partial charge in [0.15, 0.2) is 12.4 Å². The maximum atomic E-state index is 12.4. The number of ketones is 1. The minimum atomic E-state index is -0.148. The second-order valence-corrected chi connectivity index (χ2v) is 6.27. The summed E-state index contributed by atoms with van der Waals surface area (Å²) in [5, 5.41) is 3.66. The van der Waals surface area contributed by atoms with Crippen LogP contribution in [0.5, 0.6) is 0 Å². The molecule has 4 nitrogen and oxygen atoms in total. The number of rotatable bonds is 7. The van der Waals surface area contributed by atoms with E-state index in [4.69, 9.17) is 23.2 Å². The molecule has 0 saturated carbocycles. The van der Waals surface area contributed by atoms with Gasteiger partial charge in [0.05, 0.1) is 5.02 Å². The van der Waals surface area contributed by atoms with E-state index in [0.717, 1.165) is 12.8 Å². The molecule has 0 bridgehead atoms. The lowest BCUT2D eigenvalue weighted by atomic mass is 10.1. The summed E-state index contributed by atoms with van der Waals surface area (Å²) in [6, 6.07) is 8.24. The first kappa shape index (κ1) is 21.6. The lowest BCUT2D eigenvalue weighted by Gasteiger charge is -2.04. The first-order valence-corrected chi connectivity index (χ1v) is 8.52. The molecule has 0 spiro atoms. The quantitative estimate of drug-likeness (QED) is 0.387. The van der Waals surface area contributed by atoms with Gasteiger partial charge in [-0.25, -0.2) is 0 Å². The Balaban J connectivity index is 0.00000312. The zero-order chi connectivity index (χ0) is 17.5. The summed E-state index contributed by atoms with van der Waals surface area (Å²) < 4.78 is 1.67. The van der Waals surface area contributed by atoms with Crippen molar-refractivity contribution in [2.75, 3.05) is 6.54 Å². The van der Waals surface area contributed by atoms with Crippen molar-refractivity contribution in [1.29, 1.82) is 0 Å². The van der Waals surface area contributed by atoms with Gasteiger partial charge in [0.1, 0.15) is 5.56 Å². The molecule has 2 aromatic rings. The molecule has 0 fully saturated rings. The minimum Gasteiger partial charge on any atom is -1.00 e. The van der Waals surface area contributed by atoms with Crippen LogP contribution >= 0.6 is 23.2 Å². The maximum absolute atomic E-state index is 12.4. The zero-order valence-electron chi connectivity index (χ0n) is 13.8. The van der Waals surface area contributed by atoms with Crippen molar-refractivity contribution in [2.24, 2.45) is 0 Å². The molecule has 2 rings (SSSR count). The largest absolute Gasteiger partial charge is 1.00 e. The predicted molar refractivity (Wildman–Crippen MR) is 94.7 cm³/mol. The molecule has 1 amide bonds. The Morgan fingerprint density at radius 3 is 2.64 bits per heavy atom. The van der Waals surface area contributed by atoms with Crippen LogP contribution in [0.4, 0.5) is 0 Å². The highest BCUT2D eigenvalue weighted by Gasteiger charge is 2.17. The predicted octanol–water partition coefficient (Wildman–Crippen LogP) is 0.698. The number of carbonyl (C=O) groups excluding carboxylic acids is 2. The minimum absolute atomic E-state index is 0. The van der Waals surface area contributed by atoms with E-state index >= 15 is 0 Å². The number of unbranched alkanes of at least 4 members (excludes halogenated alkanes) is 1. The van der Waals surface area contributed by atoms with E-state index < -0.39 is 0 Å². The topological polar surface area (TPSA) is 50.1 Å². The number of halogens is 3. The van der Waals surface area contributed by atoms with E-state index in [1.54, 1.807) is 47.3 Å². The average Bonchev–Trinajstić information content (AvgIpc) is 2.55. The Bertz CT molecular complexity index is 754. The number of hydrogen-bond acceptors (Lipinski definition) is 2. The molecule has 1 aromatic carbocycles. The molecular formula is C18H19BrCl2N2O2. The molecule has 0 atom stereocenters. The van der Waals surface area contributed by atoms with Crippen LogP contribution in [0.25, 0.3) is 0 Å². The van der Waals surface area contributed by atoms with Crippen LogP contribution in [0, 0.1) is 0 Å². The first-order valence-electron chi connectivity index (χ1n) is 7.77. The SMILES string of the molecule is CCCCNC(=O)c1ccc[n+](CC(=O)c2ccc(Cl)cc2Cl)c1.[Br-]. The van der Waals surface area contributed by atoms with Gasteiger partial charge in [0.2, 0.25) is 12.3 Å². The molecule has 0 unspecified atom stereocenters. The zero-order valence-corrected chi connectivity index (χ0v) is 16.9. The number of nitrogens with zero attached hydrogens (tertiary/aromatic N) is 1. The fourth-order valence-corrected chi connectivity index (χ4v) is 2.72. The Morgan fingerprint density at radius 2 is 1.96 bits per heavy atom. The summed E-state index contributed by atoms with van der Waals surface area (Å²) in [6.45, 7) is 2.80. The van der Waals surface area contributed by atoms with E-state index in [0.29, 0.717) is 27.7 Å². The second kappa shape index (κ2) is 10.5. The number of hydrogen-bond donors (Lipinski definition) is 1. The van der Waals surface area contributed by atoms with Crippen molar-refractivity contribution in [1.82, 2.24) is 5.32 Å². The molecular weight excluding hydrogens is 427 g/mol. The van der Waals surface area contributed by atoms with Crippen molar-refractivity contribution >= 4 is 34.9 Å². The molecule has 25 heavy (non-hydrogen) atoms. The molecule has 1 N–H and O–H groups in total. The average molecular weight is 446 g/mol. The van der Waals surface area contributed by atoms with Gasteiger partial charge < -0.3 is 22.3 Å². The number of carbonyl (C=O) groups is 2. The number of Topliss-reactive ketones (excluding diaryl/α,β-unsaturated/α-hetero) is 1. The van der Waals surface area contributed by atoms with E-state index in [9.17, 15) is 9.59 Å². The lowest BCUT2D eigenvalue weighted by molar-refractivity contribution is -0.683. The van der Waals surface area contributed by atoms with Gasteiger partial charge in [0, 0.05) is 23.2 Å². The van der Waals surface area contributed by atoms with Crippen LogP contribution in [0.1, 0.15) is 40.5 Å². The summed E-state index contributed by atoms with van der Waals surface area (Å²) in [5.41, 5.74) is 0.926. The van der Waals surface area contributed by atoms with E-state index in [-0.39, 0.29) is 35.2 Å². The van der Waals surface area contributed by atoms with Crippen LogP contribution in [0.15, 0.2) is 42.7 Å². The molecule has 0 aliphatic carbocycles. The van der Waals surface area contributed by atoms with Crippen LogP contribution in [-0.4, -0.2) is 18.2 Å². The summed E-state index contributed by atoms with van der Waals surface area (Å²) >= 11 is 11.9. The summed E-state index contributed by atoms with van der Waals surface area (Å²) in [4.78, 5) is 24.5. The summed E-state index contributed by atoms with van der Waals surface area (Å²) in [5.74, 6) is -0.292. The Morgan fingerprint density at radius 1 is 1.20 bits per heavy atom. The lowest BCUT2D eigenvalue weighted by Crippen LogP contribution is -3.00. The van der Waals surface area contributed by atoms with Crippen molar-refractivity contribution in [3.05, 3.63) is 63.9 Å². The monoisotopic (exact) mass is 444 g/mol. The number of amides is 1. The third-order valence-electron chi connectivity index (χ3n) is 3.49. The molecule has 1 aromatic heterocycles. The fourth-order valence-electron chi connectivity index (χ4n) is 2.20. The Kier molecular flexibility index (Phi) is 9.11. The van der Waals surface area contributed by atoms with Crippen molar-refractivity contribution < 1.29 is 31.1 Å². The normalized spacial score (nSPS) is 10.0. The van der Waals surface area contributed by atoms with Crippen LogP contribution in [0.2, 0.25) is 10.0 Å². The third kappa shape index (κ3) is 6.42. The van der Waals surface area contributed by atoms with Gasteiger partial charge in [-0.2, -0.15) is 4.57 Å². The molecule has 1 heterocycles. The number of nitrogens with one attached hydrogen (secondary N) is 1. The summed E-state index contributed by atoms with van der Waals surface area (Å²) in [7, 11) is 0. The number of aromatic nitrogens is 1. The smallest absolute Gasteiger partial charge is 0.257 e. The molecule has 134 valence electrons. The number of benzene rings is 1. The van der Waals surface area contributed by atoms with Gasteiger partial charge in [-0.3, -0.25) is 9.59 Å². The standard InChI is InChI=1S/C18H18Cl2N2O2.BrH/c1-2-3-8-21-18(24)13-5-4-9-22(11-13)12-17(23)15-7-6-14(19)10-16(15)20;/h4-7,9-11H,2-3,8,12H2,1H3;1H. The van der Waals surface area contributed by atoms with Gasteiger partial charge in [-0.05, 0) is 30.7 Å². The van der Waals surface area contributed by atoms with Crippen molar-refractivity contribution in [3.63, 3.8) is 0 Å². The molecule has 0 saturated heterocycles. The highest BCUT2D eigenvalue weighted by atomic mass is 79.9. The van der Waals surface area contributed by atoms with E-state index in [2.05, 4.69) is 12.2 Å². The van der Waals surface area contributed by atoms with E-state index in [1.165, 1.54) is 0 Å². The van der Waals surface area contributed by atoms with Gasteiger partial charge in [0.25, 0.3) is 5.91 Å². The Hall–Kier alpha value is -1.43. The number of pyridine rings is 1. The first-order chi connectivity index (χ1) is 11.5. The summed E-state index contributed by atoms with van der Waals surface area (Å²) in [6.07, 6.45) is 5.35. The van der Waals surface area contributed by atoms with Gasteiger partial charge in [-0.1, -0.05) is 36.5 Å². The van der Waals surface area contributed by atoms with Crippen molar-refractivity contribution in [2.45, 2.75) is 26.3 Å². The Labute approximate surface area is 167 Å². The van der Waals surface area contributed by atoms with E-state index in [1.807, 2.05) is 0 Å². The molecule has 0 radical (unpaired) electrons. The highest BCUT2D eigenvalue weighted by Crippen LogP contribution is 2.21. The second-order valence-electron chi connectivity index (χ2n) is 5.42. The molecule has 7 heteroatoms. The van der Waals surface area contributed by atoms with Crippen LogP contribution in [-0.2, 0) is 6.54 Å². The van der Waals surface area contributed by atoms with Crippen LogP contribution < -0.4 is 26.9 Å². The van der Waals surface area contributed by atoms with Gasteiger partial charge >= 0.3 is 0 Å². The molecule has 0 aliphatic rings. The fraction of sp³-hybridized carbons (Fsp3) is 0.278. The van der Waals surface area contributed by atoms with Crippen molar-refractivity contribution in [3.8, 4) is 0 Å².